The van der Waals surface area contributed by atoms with Crippen LogP contribution in [-0.4, -0.2) is 31.0 Å². The van der Waals surface area contributed by atoms with E-state index in [2.05, 4.69) is 6.92 Å². The van der Waals surface area contributed by atoms with Crippen LogP contribution in [0.1, 0.15) is 49.8 Å². The van der Waals surface area contributed by atoms with Gasteiger partial charge in [-0.3, -0.25) is 4.79 Å². The second-order valence-corrected chi connectivity index (χ2v) is 9.91. The molecule has 0 saturated heterocycles. The lowest BCUT2D eigenvalue weighted by atomic mass is 9.89. The molecule has 174 valence electrons. The minimum Gasteiger partial charge on any atom is -0.382 e. The summed E-state index contributed by atoms with van der Waals surface area (Å²) in [4.78, 5) is 15.9. The van der Waals surface area contributed by atoms with Gasteiger partial charge in [0.15, 0.2) is 0 Å². The van der Waals surface area contributed by atoms with Crippen LogP contribution in [0.15, 0.2) is 84.9 Å². The zero-order chi connectivity index (χ0) is 23.8. The van der Waals surface area contributed by atoms with E-state index in [9.17, 15) is 13.2 Å². The molecule has 0 fully saturated rings. The summed E-state index contributed by atoms with van der Waals surface area (Å²) in [6.45, 7) is 5.98. The number of amides is 1. The molecule has 5 nitrogen and oxygen atoms in total. The number of hydrogen-bond donors (Lipinski definition) is 0. The molecule has 1 amide bonds. The third kappa shape index (κ3) is 6.45. The molecule has 0 radical (unpaired) electrons. The number of carbonyl (C=O) groups is 1. The second kappa shape index (κ2) is 11.1. The van der Waals surface area contributed by atoms with Crippen LogP contribution in [0.3, 0.4) is 0 Å². The van der Waals surface area contributed by atoms with Crippen molar-refractivity contribution in [2.75, 3.05) is 5.75 Å². The third-order valence-corrected chi connectivity index (χ3v) is 6.90. The molecule has 1 unspecified atom stereocenters. The van der Waals surface area contributed by atoms with Crippen molar-refractivity contribution in [3.8, 4) is 5.75 Å². The van der Waals surface area contributed by atoms with Crippen molar-refractivity contribution in [2.24, 2.45) is 0 Å². The smallest absolute Gasteiger partial charge is 0.308 e. The van der Waals surface area contributed by atoms with E-state index in [0.717, 1.165) is 23.1 Å². The fourth-order valence-electron chi connectivity index (χ4n) is 3.70. The van der Waals surface area contributed by atoms with Crippen LogP contribution >= 0.6 is 0 Å². The number of hydrogen-bond acceptors (Lipinski definition) is 4. The maximum Gasteiger partial charge on any atom is 0.308 e. The monoisotopic (exact) mass is 465 g/mol. The van der Waals surface area contributed by atoms with Crippen LogP contribution in [0.2, 0.25) is 0 Å². The molecule has 0 bridgehead atoms. The Morgan fingerprint density at radius 1 is 0.879 bits per heavy atom. The predicted octanol–water partition coefficient (Wildman–Crippen LogP) is 5.37. The fraction of sp³-hybridized carbons (Fsp3) is 0.296. The molecule has 0 aromatic heterocycles. The van der Waals surface area contributed by atoms with Crippen molar-refractivity contribution in [3.05, 3.63) is 102 Å². The summed E-state index contributed by atoms with van der Waals surface area (Å²) in [5.41, 5.74) is 2.69. The number of rotatable bonds is 10. The normalized spacial score (nSPS) is 12.4. The zero-order valence-electron chi connectivity index (χ0n) is 19.3. The molecule has 0 N–H and O–H groups in total. The predicted molar refractivity (Wildman–Crippen MR) is 132 cm³/mol. The lowest BCUT2D eigenvalue weighted by Gasteiger charge is -2.33. The van der Waals surface area contributed by atoms with Crippen LogP contribution in [0, 0.1) is 0 Å². The van der Waals surface area contributed by atoms with E-state index in [1.165, 1.54) is 6.92 Å². The molecule has 1 atom stereocenters. The van der Waals surface area contributed by atoms with Crippen LogP contribution in [-0.2, 0) is 21.5 Å². The second-order valence-electron chi connectivity index (χ2n) is 8.05. The van der Waals surface area contributed by atoms with Gasteiger partial charge in [-0.2, -0.15) is 8.42 Å². The third-order valence-electron chi connectivity index (χ3n) is 5.75. The van der Waals surface area contributed by atoms with Gasteiger partial charge in [0.25, 0.3) is 0 Å². The lowest BCUT2D eigenvalue weighted by molar-refractivity contribution is -0.134. The topological polar surface area (TPSA) is 63.7 Å². The molecule has 0 spiro atoms. The molecule has 3 aromatic carbocycles. The Balaban J connectivity index is 1.96. The summed E-state index contributed by atoms with van der Waals surface area (Å²) in [7, 11) is -3.62. The van der Waals surface area contributed by atoms with Gasteiger partial charge in [0, 0.05) is 12.6 Å². The van der Waals surface area contributed by atoms with Gasteiger partial charge in [-0.25, -0.2) is 0 Å². The Labute approximate surface area is 197 Å². The molecular weight excluding hydrogens is 434 g/mol. The summed E-state index contributed by atoms with van der Waals surface area (Å²) in [5, 5.41) is 0. The van der Waals surface area contributed by atoms with Gasteiger partial charge in [-0.05, 0) is 49.1 Å². The first-order valence-electron chi connectivity index (χ1n) is 11.3. The molecule has 3 rings (SSSR count). The number of nitrogens with zero attached hydrogens (tertiary/aromatic N) is 1. The highest BCUT2D eigenvalue weighted by molar-refractivity contribution is 7.87. The Morgan fingerprint density at radius 3 is 1.97 bits per heavy atom. The van der Waals surface area contributed by atoms with Crippen molar-refractivity contribution < 1.29 is 17.4 Å². The van der Waals surface area contributed by atoms with E-state index in [1.54, 1.807) is 18.2 Å². The van der Waals surface area contributed by atoms with Gasteiger partial charge in [-0.1, -0.05) is 79.7 Å². The molecule has 3 aromatic rings. The van der Waals surface area contributed by atoms with Gasteiger partial charge in [0.1, 0.15) is 5.75 Å². The van der Waals surface area contributed by atoms with E-state index >= 15 is 0 Å². The van der Waals surface area contributed by atoms with Crippen LogP contribution in [0.25, 0.3) is 0 Å². The first-order chi connectivity index (χ1) is 15.8. The molecule has 0 heterocycles. The molecule has 0 aliphatic rings. The van der Waals surface area contributed by atoms with Crippen molar-refractivity contribution >= 4 is 16.0 Å². The standard InChI is InChI=1S/C27H31NO4S/c1-4-21(3)28(20-22-13-12-18-25(19-22)32-33(30,31)5-2)27(29)26(23-14-8-6-9-15-23)24-16-10-7-11-17-24/h6-19,21,26H,4-5,20H2,1-3H3. The highest BCUT2D eigenvalue weighted by Gasteiger charge is 2.30. The zero-order valence-corrected chi connectivity index (χ0v) is 20.2. The Morgan fingerprint density at radius 2 is 1.45 bits per heavy atom. The molecule has 0 saturated carbocycles. The molecule has 0 aliphatic heterocycles. The molecule has 33 heavy (non-hydrogen) atoms. The quantitative estimate of drug-likeness (QED) is 0.378. The van der Waals surface area contributed by atoms with Crippen LogP contribution < -0.4 is 4.18 Å². The van der Waals surface area contributed by atoms with Crippen molar-refractivity contribution in [2.45, 2.75) is 45.7 Å². The molecule has 6 heteroatoms. The average Bonchev–Trinajstić information content (AvgIpc) is 2.83. The molecule has 0 aliphatic carbocycles. The van der Waals surface area contributed by atoms with Crippen molar-refractivity contribution in [1.82, 2.24) is 4.90 Å². The van der Waals surface area contributed by atoms with Crippen LogP contribution in [0.4, 0.5) is 0 Å². The Kier molecular flexibility index (Phi) is 8.28. The highest BCUT2D eigenvalue weighted by atomic mass is 32.2. The first kappa shape index (κ1) is 24.5. The fourth-order valence-corrected chi connectivity index (χ4v) is 4.22. The van der Waals surface area contributed by atoms with Gasteiger partial charge in [-0.15, -0.1) is 0 Å². The van der Waals surface area contributed by atoms with Gasteiger partial charge in [0.2, 0.25) is 5.91 Å². The SMILES string of the molecule is CCC(C)N(Cc1cccc(OS(=O)(=O)CC)c1)C(=O)C(c1ccccc1)c1ccccc1. The summed E-state index contributed by atoms with van der Waals surface area (Å²) in [5.74, 6) is -0.269. The molecular formula is C27H31NO4S. The minimum atomic E-state index is -3.62. The summed E-state index contributed by atoms with van der Waals surface area (Å²) in [6.07, 6.45) is 0.794. The van der Waals surface area contributed by atoms with E-state index in [0.29, 0.717) is 6.54 Å². The first-order valence-corrected chi connectivity index (χ1v) is 12.8. The largest absolute Gasteiger partial charge is 0.382 e. The van der Waals surface area contributed by atoms with E-state index in [-0.39, 0.29) is 23.5 Å². The summed E-state index contributed by atoms with van der Waals surface area (Å²) < 4.78 is 28.9. The van der Waals surface area contributed by atoms with Gasteiger partial charge < -0.3 is 9.08 Å². The lowest BCUT2D eigenvalue weighted by Crippen LogP contribution is -2.41. The summed E-state index contributed by atoms with van der Waals surface area (Å²) in [6, 6.07) is 26.5. The van der Waals surface area contributed by atoms with Gasteiger partial charge >= 0.3 is 10.1 Å². The van der Waals surface area contributed by atoms with E-state index in [4.69, 9.17) is 4.18 Å². The maximum atomic E-state index is 14.0. The van der Waals surface area contributed by atoms with E-state index < -0.39 is 16.0 Å². The van der Waals surface area contributed by atoms with E-state index in [1.807, 2.05) is 78.6 Å². The highest BCUT2D eigenvalue weighted by Crippen LogP contribution is 2.29. The Hall–Kier alpha value is -3.12. The van der Waals surface area contributed by atoms with Crippen molar-refractivity contribution in [1.29, 1.82) is 0 Å². The average molecular weight is 466 g/mol. The Bertz CT molecular complexity index is 1110. The minimum absolute atomic E-state index is 0.00336. The number of benzene rings is 3. The van der Waals surface area contributed by atoms with Crippen LogP contribution in [0.5, 0.6) is 5.75 Å². The van der Waals surface area contributed by atoms with Gasteiger partial charge in [0.05, 0.1) is 11.7 Å². The van der Waals surface area contributed by atoms with Crippen molar-refractivity contribution in [3.63, 3.8) is 0 Å². The summed E-state index contributed by atoms with van der Waals surface area (Å²) >= 11 is 0. The number of carbonyl (C=O) groups excluding carboxylic acids is 1. The maximum absolute atomic E-state index is 14.0.